The number of benzene rings is 2. The van der Waals surface area contributed by atoms with Gasteiger partial charge in [0.1, 0.15) is 11.6 Å². The van der Waals surface area contributed by atoms with E-state index in [0.29, 0.717) is 17.9 Å². The van der Waals surface area contributed by atoms with Crippen LogP contribution in [0.3, 0.4) is 0 Å². The zero-order valence-corrected chi connectivity index (χ0v) is 12.5. The molecule has 2 aromatic carbocycles. The summed E-state index contributed by atoms with van der Waals surface area (Å²) in [4.78, 5) is 16.2. The van der Waals surface area contributed by atoms with E-state index in [9.17, 15) is 9.18 Å². The first kappa shape index (κ1) is 15.0. The number of carbonyl (C=O) groups is 1. The lowest BCUT2D eigenvalue weighted by molar-refractivity contribution is -0.129. The largest absolute Gasteiger partial charge is 0.493 e. The van der Waals surface area contributed by atoms with E-state index in [1.807, 2.05) is 31.2 Å². The molecule has 0 atom stereocenters. The van der Waals surface area contributed by atoms with Crippen molar-refractivity contribution in [1.82, 2.24) is 0 Å². The maximum atomic E-state index is 13.0. The summed E-state index contributed by atoms with van der Waals surface area (Å²) in [6, 6.07) is 13.0. The van der Waals surface area contributed by atoms with Crippen molar-refractivity contribution in [2.45, 2.75) is 6.92 Å². The van der Waals surface area contributed by atoms with Crippen LogP contribution in [0.15, 0.2) is 59.2 Å². The molecule has 3 rings (SSSR count). The third-order valence-electron chi connectivity index (χ3n) is 3.22. The molecule has 1 heterocycles. The Morgan fingerprint density at radius 1 is 1.17 bits per heavy atom. The molecule has 1 aliphatic heterocycles. The van der Waals surface area contributed by atoms with Crippen LogP contribution in [-0.4, -0.2) is 18.5 Å². The fourth-order valence-electron chi connectivity index (χ4n) is 2.16. The molecule has 0 spiro atoms. The molecule has 4 nitrogen and oxygen atoms in total. The molecular formula is C18H14FNO3. The third kappa shape index (κ3) is 3.29. The summed E-state index contributed by atoms with van der Waals surface area (Å²) in [7, 11) is 0. The van der Waals surface area contributed by atoms with E-state index >= 15 is 0 Å². The van der Waals surface area contributed by atoms with Gasteiger partial charge >= 0.3 is 5.97 Å². The molecule has 116 valence electrons. The summed E-state index contributed by atoms with van der Waals surface area (Å²) in [5.74, 6) is -0.0772. The second kappa shape index (κ2) is 6.44. The molecule has 0 unspecified atom stereocenters. The van der Waals surface area contributed by atoms with Crippen molar-refractivity contribution in [1.29, 1.82) is 0 Å². The molecule has 5 heteroatoms. The Kier molecular flexibility index (Phi) is 4.19. The zero-order valence-electron chi connectivity index (χ0n) is 12.5. The van der Waals surface area contributed by atoms with Crippen LogP contribution in [-0.2, 0) is 9.53 Å². The Morgan fingerprint density at radius 3 is 2.65 bits per heavy atom. The number of rotatable bonds is 4. The van der Waals surface area contributed by atoms with Crippen LogP contribution in [0.1, 0.15) is 18.1 Å². The molecule has 0 N–H and O–H groups in total. The molecule has 0 amide bonds. The Hall–Kier alpha value is -2.95. The minimum atomic E-state index is -0.546. The minimum absolute atomic E-state index is 0.162. The first-order chi connectivity index (χ1) is 11.2. The molecule has 0 fully saturated rings. The highest BCUT2D eigenvalue weighted by atomic mass is 19.1. The van der Waals surface area contributed by atoms with Crippen LogP contribution < -0.4 is 4.74 Å². The Morgan fingerprint density at radius 2 is 1.91 bits per heavy atom. The molecule has 0 aliphatic carbocycles. The van der Waals surface area contributed by atoms with Gasteiger partial charge in [-0.3, -0.25) is 0 Å². The van der Waals surface area contributed by atoms with Crippen molar-refractivity contribution < 1.29 is 18.7 Å². The normalized spacial score (nSPS) is 15.5. The molecule has 0 aromatic heterocycles. The van der Waals surface area contributed by atoms with Crippen LogP contribution >= 0.6 is 0 Å². The van der Waals surface area contributed by atoms with Crippen LogP contribution in [0.2, 0.25) is 0 Å². The Bertz CT molecular complexity index is 794. The van der Waals surface area contributed by atoms with Crippen molar-refractivity contribution in [2.75, 3.05) is 6.61 Å². The molecule has 0 radical (unpaired) electrons. The quantitative estimate of drug-likeness (QED) is 0.640. The van der Waals surface area contributed by atoms with Gasteiger partial charge in [-0.05, 0) is 43.3 Å². The van der Waals surface area contributed by atoms with E-state index in [4.69, 9.17) is 9.47 Å². The summed E-state index contributed by atoms with van der Waals surface area (Å²) in [6.45, 7) is 2.41. The maximum absolute atomic E-state index is 13.0. The molecule has 0 saturated carbocycles. The Labute approximate surface area is 132 Å². The van der Waals surface area contributed by atoms with Gasteiger partial charge in [0.05, 0.1) is 6.61 Å². The summed E-state index contributed by atoms with van der Waals surface area (Å²) in [6.07, 6.45) is 1.61. The second-order valence-corrected chi connectivity index (χ2v) is 4.81. The van der Waals surface area contributed by atoms with Crippen LogP contribution in [0.25, 0.3) is 6.08 Å². The van der Waals surface area contributed by atoms with E-state index in [-0.39, 0.29) is 17.4 Å². The molecule has 0 saturated heterocycles. The number of hydrogen-bond donors (Lipinski definition) is 0. The summed E-state index contributed by atoms with van der Waals surface area (Å²) >= 11 is 0. The standard InChI is InChI=1S/C18H14FNO3/c1-2-22-16-6-4-3-5-13(16)11-15-18(21)23-17(20-15)12-7-9-14(19)10-8-12/h3-11H,2H2,1H3. The molecule has 2 aromatic rings. The minimum Gasteiger partial charge on any atom is -0.493 e. The highest BCUT2D eigenvalue weighted by molar-refractivity contribution is 6.12. The smallest absolute Gasteiger partial charge is 0.363 e. The molecule has 23 heavy (non-hydrogen) atoms. The highest BCUT2D eigenvalue weighted by Gasteiger charge is 2.24. The predicted molar refractivity (Wildman–Crippen MR) is 84.6 cm³/mol. The zero-order chi connectivity index (χ0) is 16.2. The fraction of sp³-hybridized carbons (Fsp3) is 0.111. The first-order valence-corrected chi connectivity index (χ1v) is 7.17. The summed E-state index contributed by atoms with van der Waals surface area (Å²) < 4.78 is 23.6. The number of nitrogens with zero attached hydrogens (tertiary/aromatic N) is 1. The van der Waals surface area contributed by atoms with Gasteiger partial charge < -0.3 is 9.47 Å². The van der Waals surface area contributed by atoms with Crippen molar-refractivity contribution in [3.05, 3.63) is 71.2 Å². The third-order valence-corrected chi connectivity index (χ3v) is 3.22. The van der Waals surface area contributed by atoms with Crippen LogP contribution in [0, 0.1) is 5.82 Å². The van der Waals surface area contributed by atoms with E-state index < -0.39 is 5.97 Å². The maximum Gasteiger partial charge on any atom is 0.363 e. The Balaban J connectivity index is 1.94. The topological polar surface area (TPSA) is 47.9 Å². The van der Waals surface area contributed by atoms with Gasteiger partial charge in [-0.15, -0.1) is 0 Å². The van der Waals surface area contributed by atoms with E-state index in [1.54, 1.807) is 6.08 Å². The lowest BCUT2D eigenvalue weighted by Crippen LogP contribution is -2.05. The van der Waals surface area contributed by atoms with E-state index in [0.717, 1.165) is 5.56 Å². The monoisotopic (exact) mass is 311 g/mol. The fourth-order valence-corrected chi connectivity index (χ4v) is 2.16. The van der Waals surface area contributed by atoms with Gasteiger partial charge in [0.15, 0.2) is 5.70 Å². The number of halogens is 1. The van der Waals surface area contributed by atoms with Crippen LogP contribution in [0.4, 0.5) is 4.39 Å². The van der Waals surface area contributed by atoms with Gasteiger partial charge in [0.2, 0.25) is 5.90 Å². The van der Waals surface area contributed by atoms with Crippen molar-refractivity contribution in [3.8, 4) is 5.75 Å². The lowest BCUT2D eigenvalue weighted by atomic mass is 10.1. The average molecular weight is 311 g/mol. The van der Waals surface area contributed by atoms with Crippen LogP contribution in [0.5, 0.6) is 5.75 Å². The number of aliphatic imine (C=N–C) groups is 1. The average Bonchev–Trinajstić information content (AvgIpc) is 2.91. The molecule has 0 bridgehead atoms. The number of carbonyl (C=O) groups excluding carboxylic acids is 1. The van der Waals surface area contributed by atoms with Gasteiger partial charge in [-0.25, -0.2) is 14.2 Å². The molecular weight excluding hydrogens is 297 g/mol. The van der Waals surface area contributed by atoms with Gasteiger partial charge in [0, 0.05) is 11.1 Å². The number of cyclic esters (lactones) is 1. The number of para-hydroxylation sites is 1. The molecule has 1 aliphatic rings. The number of ether oxygens (including phenoxy) is 2. The SMILES string of the molecule is CCOc1ccccc1C=C1N=C(c2ccc(F)cc2)OC1=O. The van der Waals surface area contributed by atoms with Gasteiger partial charge in [0.25, 0.3) is 0 Å². The first-order valence-electron chi connectivity index (χ1n) is 7.17. The van der Waals surface area contributed by atoms with Gasteiger partial charge in [-0.1, -0.05) is 18.2 Å². The van der Waals surface area contributed by atoms with E-state index in [2.05, 4.69) is 4.99 Å². The van der Waals surface area contributed by atoms with Crippen molar-refractivity contribution in [2.24, 2.45) is 4.99 Å². The second-order valence-electron chi connectivity index (χ2n) is 4.81. The number of esters is 1. The summed E-state index contributed by atoms with van der Waals surface area (Å²) in [5.41, 5.74) is 1.46. The van der Waals surface area contributed by atoms with Crippen molar-refractivity contribution >= 4 is 17.9 Å². The lowest BCUT2D eigenvalue weighted by Gasteiger charge is -2.06. The van der Waals surface area contributed by atoms with Gasteiger partial charge in [-0.2, -0.15) is 0 Å². The van der Waals surface area contributed by atoms with E-state index in [1.165, 1.54) is 24.3 Å². The number of hydrogen-bond acceptors (Lipinski definition) is 4. The highest BCUT2D eigenvalue weighted by Crippen LogP contribution is 2.24. The van der Waals surface area contributed by atoms with Crippen molar-refractivity contribution in [3.63, 3.8) is 0 Å². The summed E-state index contributed by atoms with van der Waals surface area (Å²) in [5, 5.41) is 0. The predicted octanol–water partition coefficient (Wildman–Crippen LogP) is 3.57.